The van der Waals surface area contributed by atoms with E-state index in [9.17, 15) is 25.2 Å². The Morgan fingerprint density at radius 1 is 0.639 bits per heavy atom. The molecule has 0 amide bonds. The second-order valence-corrected chi connectivity index (χ2v) is 10.6. The Morgan fingerprint density at radius 2 is 1.08 bits per heavy atom. The number of carbonyl (C=O) groups excluding carboxylic acids is 1. The molecule has 0 spiro atoms. The van der Waals surface area contributed by atoms with Gasteiger partial charge in [-0.15, -0.1) is 0 Å². The summed E-state index contributed by atoms with van der Waals surface area (Å²) in [5, 5.41) is 49.5. The second-order valence-electron chi connectivity index (χ2n) is 10.6. The number of aryl methyl sites for hydroxylation is 2. The first-order valence-corrected chi connectivity index (χ1v) is 13.1. The number of allylic oxidation sites excluding steroid dienone is 2. The third-order valence-electron chi connectivity index (χ3n) is 8.64. The van der Waals surface area contributed by atoms with Gasteiger partial charge in [-0.3, -0.25) is 4.79 Å². The van der Waals surface area contributed by atoms with E-state index in [4.69, 9.17) is 0 Å². The number of nitrogens with zero attached hydrogens (tertiary/aromatic N) is 2. The highest BCUT2D eigenvalue weighted by atomic mass is 16.3. The quantitative estimate of drug-likeness (QED) is 0.674. The molecule has 7 rings (SSSR count). The van der Waals surface area contributed by atoms with Gasteiger partial charge in [-0.05, 0) is 96.9 Å². The Hall–Kier alpha value is -3.61. The van der Waals surface area contributed by atoms with E-state index < -0.39 is 17.3 Å². The molecule has 2 aromatic rings. The van der Waals surface area contributed by atoms with E-state index in [0.29, 0.717) is 24.0 Å². The van der Waals surface area contributed by atoms with Crippen LogP contribution < -0.4 is 20.0 Å². The Labute approximate surface area is 209 Å². The number of Topliss-reactive ketones (excluding diaryl/α,β-unsaturated/α-hetero) is 1. The highest BCUT2D eigenvalue weighted by Gasteiger charge is 2.38. The zero-order valence-electron chi connectivity index (χ0n) is 20.2. The minimum Gasteiger partial charge on any atom is -0.872 e. The number of aliphatic hydroxyl groups excluding tert-OH is 2. The lowest BCUT2D eigenvalue weighted by Crippen LogP contribution is -2.35. The molecule has 0 atom stereocenters. The predicted octanol–water partition coefficient (Wildman–Crippen LogP) is 3.05. The Kier molecular flexibility index (Phi) is 4.63. The Morgan fingerprint density at radius 3 is 1.58 bits per heavy atom. The van der Waals surface area contributed by atoms with Crippen molar-refractivity contribution in [3.05, 3.63) is 57.0 Å². The van der Waals surface area contributed by atoms with E-state index in [1.807, 2.05) is 0 Å². The van der Waals surface area contributed by atoms with Crippen LogP contribution in [-0.4, -0.2) is 42.2 Å². The molecule has 2 N–H and O–H groups in total. The summed E-state index contributed by atoms with van der Waals surface area (Å²) in [5.74, 6) is -2.41. The van der Waals surface area contributed by atoms with Crippen molar-refractivity contribution in [1.29, 1.82) is 0 Å². The summed E-state index contributed by atoms with van der Waals surface area (Å²) >= 11 is 0. The van der Waals surface area contributed by atoms with Crippen LogP contribution in [0.5, 0.6) is 11.5 Å². The first-order valence-electron chi connectivity index (χ1n) is 13.1. The lowest BCUT2D eigenvalue weighted by Gasteiger charge is -2.40. The molecule has 186 valence electrons. The van der Waals surface area contributed by atoms with Gasteiger partial charge in [0.25, 0.3) is 0 Å². The van der Waals surface area contributed by atoms with E-state index in [1.165, 1.54) is 0 Å². The van der Waals surface area contributed by atoms with Gasteiger partial charge in [0.15, 0.2) is 5.76 Å². The van der Waals surface area contributed by atoms with Crippen molar-refractivity contribution in [3.8, 4) is 11.5 Å². The molecule has 0 bridgehead atoms. The molecule has 7 heteroatoms. The lowest BCUT2D eigenvalue weighted by molar-refractivity contribution is -0.270. The van der Waals surface area contributed by atoms with Gasteiger partial charge in [0.1, 0.15) is 5.76 Å². The van der Waals surface area contributed by atoms with Gasteiger partial charge in [0.05, 0.1) is 11.1 Å². The van der Waals surface area contributed by atoms with Crippen molar-refractivity contribution in [3.63, 3.8) is 0 Å². The van der Waals surface area contributed by atoms with E-state index in [2.05, 4.69) is 9.80 Å². The number of aliphatic hydroxyl groups is 2. The van der Waals surface area contributed by atoms with E-state index in [0.717, 1.165) is 87.2 Å². The molecule has 5 aliphatic rings. The number of hydrogen-bond donors (Lipinski definition) is 2. The number of rotatable bonds is 2. The van der Waals surface area contributed by atoms with Crippen molar-refractivity contribution in [1.82, 2.24) is 0 Å². The molecule has 0 saturated heterocycles. The van der Waals surface area contributed by atoms with Crippen LogP contribution in [0.3, 0.4) is 0 Å². The Balaban J connectivity index is 1.41. The molecular formula is C29H28N2O5-2. The van der Waals surface area contributed by atoms with Crippen LogP contribution in [-0.2, 0) is 30.5 Å². The molecule has 4 aliphatic heterocycles. The highest BCUT2D eigenvalue weighted by molar-refractivity contribution is 6.37. The molecule has 1 aliphatic carbocycles. The van der Waals surface area contributed by atoms with Gasteiger partial charge >= 0.3 is 0 Å². The SMILES string of the molecule is O=C1C(O)=C(c2cc3c4c(c2[O-])CCCN4CCC3)C(O)=C1c1cc2c3c(c1[O-])CCCN3CCC2. The summed E-state index contributed by atoms with van der Waals surface area (Å²) in [4.78, 5) is 17.8. The predicted molar refractivity (Wildman–Crippen MR) is 134 cm³/mol. The van der Waals surface area contributed by atoms with E-state index in [1.54, 1.807) is 12.1 Å². The number of benzene rings is 2. The number of ketones is 1. The minimum atomic E-state index is -0.789. The normalized spacial score (nSPS) is 20.7. The van der Waals surface area contributed by atoms with Crippen LogP contribution in [0.15, 0.2) is 23.7 Å². The summed E-state index contributed by atoms with van der Waals surface area (Å²) in [6.07, 6.45) is 6.55. The van der Waals surface area contributed by atoms with Gasteiger partial charge in [-0.2, -0.15) is 0 Å². The van der Waals surface area contributed by atoms with E-state index >= 15 is 0 Å². The topological polar surface area (TPSA) is 110 Å². The van der Waals surface area contributed by atoms with Crippen LogP contribution in [0.4, 0.5) is 11.4 Å². The number of hydrogen-bond acceptors (Lipinski definition) is 7. The third kappa shape index (κ3) is 2.83. The largest absolute Gasteiger partial charge is 0.872 e. The maximum atomic E-state index is 13.6. The van der Waals surface area contributed by atoms with Crippen LogP contribution in [0.25, 0.3) is 11.1 Å². The molecule has 0 fully saturated rings. The average molecular weight is 485 g/mol. The zero-order valence-corrected chi connectivity index (χ0v) is 20.2. The van der Waals surface area contributed by atoms with Crippen molar-refractivity contribution < 1.29 is 25.2 Å². The summed E-state index contributed by atoms with van der Waals surface area (Å²) < 4.78 is 0. The standard InChI is InChI=1S/C29H30N2O5/c32-25-17-7-3-11-30-9-1-5-15(23(17)30)13-19(25)21-27(34)22(29(36)28(21)35)20-14-16-6-2-10-31-12-4-8-18(24(16)31)26(20)33/h13-14,32-34H,1-12H2,(H,35,36)/p-2. The molecule has 0 saturated carbocycles. The lowest BCUT2D eigenvalue weighted by atomic mass is 9.86. The fraction of sp³-hybridized carbons (Fsp3) is 0.414. The molecule has 4 heterocycles. The van der Waals surface area contributed by atoms with Crippen molar-refractivity contribution in [2.75, 3.05) is 36.0 Å². The molecular weight excluding hydrogens is 456 g/mol. The molecule has 0 aromatic heterocycles. The molecule has 0 radical (unpaired) electrons. The fourth-order valence-corrected chi connectivity index (χ4v) is 7.11. The smallest absolute Gasteiger partial charge is 0.232 e. The summed E-state index contributed by atoms with van der Waals surface area (Å²) in [7, 11) is 0. The highest BCUT2D eigenvalue weighted by Crippen LogP contribution is 2.50. The number of carbonyl (C=O) groups is 1. The second kappa shape index (κ2) is 7.69. The average Bonchev–Trinajstić information content (AvgIpc) is 3.11. The molecule has 7 nitrogen and oxygen atoms in total. The monoisotopic (exact) mass is 484 g/mol. The van der Waals surface area contributed by atoms with Crippen molar-refractivity contribution in [2.45, 2.75) is 51.4 Å². The van der Waals surface area contributed by atoms with Gasteiger partial charge < -0.3 is 30.2 Å². The van der Waals surface area contributed by atoms with Crippen molar-refractivity contribution >= 4 is 28.3 Å². The van der Waals surface area contributed by atoms with Crippen molar-refractivity contribution in [2.24, 2.45) is 0 Å². The van der Waals surface area contributed by atoms with Gasteiger partial charge in [-0.25, -0.2) is 0 Å². The number of anilines is 2. The summed E-state index contributed by atoms with van der Waals surface area (Å²) in [6.45, 7) is 3.68. The first kappa shape index (κ1) is 21.7. The Bertz CT molecular complexity index is 1420. The zero-order chi connectivity index (χ0) is 24.7. The van der Waals surface area contributed by atoms with Gasteiger partial charge in [0.2, 0.25) is 5.78 Å². The fourth-order valence-electron chi connectivity index (χ4n) is 7.11. The third-order valence-corrected chi connectivity index (χ3v) is 8.64. The minimum absolute atomic E-state index is 0.130. The maximum Gasteiger partial charge on any atom is 0.232 e. The molecule has 0 unspecified atom stereocenters. The summed E-state index contributed by atoms with van der Waals surface area (Å²) in [6, 6.07) is 3.47. The van der Waals surface area contributed by atoms with Crippen LogP contribution in [0.1, 0.15) is 59.1 Å². The first-order chi connectivity index (χ1) is 17.5. The van der Waals surface area contributed by atoms with Crippen LogP contribution in [0, 0.1) is 0 Å². The maximum absolute atomic E-state index is 13.6. The summed E-state index contributed by atoms with van der Waals surface area (Å²) in [5.41, 5.74) is 5.38. The van der Waals surface area contributed by atoms with E-state index in [-0.39, 0.29) is 33.8 Å². The molecule has 36 heavy (non-hydrogen) atoms. The van der Waals surface area contributed by atoms with Gasteiger partial charge in [0, 0.05) is 37.6 Å². The van der Waals surface area contributed by atoms with Crippen LogP contribution >= 0.6 is 0 Å². The van der Waals surface area contributed by atoms with Gasteiger partial charge in [-0.1, -0.05) is 11.5 Å². The molecule has 2 aromatic carbocycles. The van der Waals surface area contributed by atoms with Crippen LogP contribution in [0.2, 0.25) is 0 Å².